The third kappa shape index (κ3) is 1.50. The third-order valence-corrected chi connectivity index (χ3v) is 3.61. The van der Waals surface area contributed by atoms with Gasteiger partial charge < -0.3 is 0 Å². The number of benzene rings is 1. The van der Waals surface area contributed by atoms with E-state index in [9.17, 15) is 0 Å². The molecule has 0 amide bonds. The maximum Gasteiger partial charge on any atom is 0.0272 e. The summed E-state index contributed by atoms with van der Waals surface area (Å²) >= 11 is 4.65. The van der Waals surface area contributed by atoms with Crippen molar-refractivity contribution in [2.24, 2.45) is 0 Å². The van der Waals surface area contributed by atoms with Crippen LogP contribution in [0, 0.1) is 6.92 Å². The average Bonchev–Trinajstić information content (AvgIpc) is 2.12. The number of fused-ring (bicyclic) bond motifs is 1. The van der Waals surface area contributed by atoms with Gasteiger partial charge in [0.25, 0.3) is 0 Å². The summed E-state index contributed by atoms with van der Waals surface area (Å²) < 4.78 is 0. The first-order valence-corrected chi connectivity index (χ1v) is 5.49. The third-order valence-electron chi connectivity index (χ3n) is 3.10. The van der Waals surface area contributed by atoms with Crippen LogP contribution in [0.4, 0.5) is 0 Å². The van der Waals surface area contributed by atoms with Gasteiger partial charge in [-0.15, -0.1) is 0 Å². The van der Waals surface area contributed by atoms with Crippen LogP contribution in [-0.2, 0) is 0 Å². The Labute approximate surface area is 85.8 Å². The fourth-order valence-electron chi connectivity index (χ4n) is 2.30. The summed E-state index contributed by atoms with van der Waals surface area (Å²) in [5, 5.41) is 0.465. The van der Waals surface area contributed by atoms with Gasteiger partial charge in [0.15, 0.2) is 0 Å². The van der Waals surface area contributed by atoms with Crippen molar-refractivity contribution in [3.8, 4) is 0 Å². The molecule has 0 N–H and O–H groups in total. The molecule has 2 rings (SSSR count). The second kappa shape index (κ2) is 3.38. The highest BCUT2D eigenvalue weighted by atomic mass is 32.1. The molecule has 0 fully saturated rings. The van der Waals surface area contributed by atoms with Gasteiger partial charge in [0.2, 0.25) is 0 Å². The zero-order chi connectivity index (χ0) is 9.42. The highest BCUT2D eigenvalue weighted by molar-refractivity contribution is 7.80. The zero-order valence-corrected chi connectivity index (χ0v) is 9.14. The molecule has 1 aromatic carbocycles. The molecular weight excluding hydrogens is 176 g/mol. The Balaban J connectivity index is 2.56. The lowest BCUT2D eigenvalue weighted by Crippen LogP contribution is -2.10. The number of rotatable bonds is 0. The normalized spacial score (nSPS) is 27.0. The van der Waals surface area contributed by atoms with E-state index in [2.05, 4.69) is 44.7 Å². The Hall–Kier alpha value is -0.430. The molecule has 13 heavy (non-hydrogen) atoms. The Bertz CT molecular complexity index is 317. The summed E-state index contributed by atoms with van der Waals surface area (Å²) in [5.74, 6) is 0.721. The lowest BCUT2D eigenvalue weighted by molar-refractivity contribution is 0.582. The highest BCUT2D eigenvalue weighted by Crippen LogP contribution is 2.41. The molecule has 70 valence electrons. The van der Waals surface area contributed by atoms with Crippen molar-refractivity contribution in [1.29, 1.82) is 0 Å². The average molecular weight is 192 g/mol. The van der Waals surface area contributed by atoms with Gasteiger partial charge in [-0.25, -0.2) is 0 Å². The molecule has 0 saturated heterocycles. The van der Waals surface area contributed by atoms with E-state index in [0.29, 0.717) is 5.25 Å². The fraction of sp³-hybridized carbons (Fsp3) is 0.500. The molecule has 0 aliphatic heterocycles. The van der Waals surface area contributed by atoms with Crippen LogP contribution in [0.25, 0.3) is 0 Å². The maximum atomic E-state index is 4.65. The number of hydrogen-bond acceptors (Lipinski definition) is 1. The van der Waals surface area contributed by atoms with Gasteiger partial charge in [-0.3, -0.25) is 0 Å². The smallest absolute Gasteiger partial charge is 0.0272 e. The van der Waals surface area contributed by atoms with Crippen LogP contribution in [0.15, 0.2) is 18.2 Å². The predicted molar refractivity (Wildman–Crippen MR) is 60.6 cm³/mol. The van der Waals surface area contributed by atoms with Gasteiger partial charge in [-0.1, -0.05) is 25.1 Å². The van der Waals surface area contributed by atoms with E-state index < -0.39 is 0 Å². The minimum atomic E-state index is 0.465. The molecule has 1 aromatic rings. The van der Waals surface area contributed by atoms with E-state index in [-0.39, 0.29) is 0 Å². The first-order valence-electron chi connectivity index (χ1n) is 4.97. The van der Waals surface area contributed by atoms with Crippen molar-refractivity contribution >= 4 is 12.6 Å². The second-order valence-corrected chi connectivity index (χ2v) is 4.70. The molecule has 0 nitrogen and oxygen atoms in total. The number of thiol groups is 1. The summed E-state index contributed by atoms with van der Waals surface area (Å²) in [4.78, 5) is 0. The molecule has 0 heterocycles. The predicted octanol–water partition coefficient (Wildman–Crippen LogP) is 3.86. The Kier molecular flexibility index (Phi) is 2.37. The van der Waals surface area contributed by atoms with E-state index >= 15 is 0 Å². The Morgan fingerprint density at radius 3 is 2.77 bits per heavy atom. The molecule has 0 radical (unpaired) electrons. The first kappa shape index (κ1) is 9.14. The molecular formula is C12H16S. The Morgan fingerprint density at radius 1 is 1.31 bits per heavy atom. The minimum absolute atomic E-state index is 0.465. The minimum Gasteiger partial charge on any atom is -0.171 e. The molecule has 1 heteroatoms. The molecule has 0 bridgehead atoms. The molecule has 2 atom stereocenters. The van der Waals surface area contributed by atoms with E-state index in [1.54, 1.807) is 0 Å². The fourth-order valence-corrected chi connectivity index (χ4v) is 2.80. The summed E-state index contributed by atoms with van der Waals surface area (Å²) in [6.45, 7) is 4.51. The van der Waals surface area contributed by atoms with Crippen molar-refractivity contribution in [3.63, 3.8) is 0 Å². The molecule has 1 unspecified atom stereocenters. The first-order chi connectivity index (χ1) is 6.20. The number of hydrogen-bond donors (Lipinski definition) is 1. The lowest BCUT2D eigenvalue weighted by Gasteiger charge is -2.28. The van der Waals surface area contributed by atoms with Gasteiger partial charge in [0.1, 0.15) is 0 Å². The Morgan fingerprint density at radius 2 is 2.08 bits per heavy atom. The zero-order valence-electron chi connectivity index (χ0n) is 8.25. The second-order valence-electron chi connectivity index (χ2n) is 4.07. The summed E-state index contributed by atoms with van der Waals surface area (Å²) in [6, 6.07) is 6.62. The van der Waals surface area contributed by atoms with Crippen LogP contribution in [0.2, 0.25) is 0 Å². The highest BCUT2D eigenvalue weighted by Gasteiger charge is 2.23. The van der Waals surface area contributed by atoms with E-state index in [1.807, 2.05) is 0 Å². The van der Waals surface area contributed by atoms with Gasteiger partial charge in [-0.2, -0.15) is 12.6 Å². The summed E-state index contributed by atoms with van der Waals surface area (Å²) in [6.07, 6.45) is 2.51. The summed E-state index contributed by atoms with van der Waals surface area (Å²) in [7, 11) is 0. The summed E-state index contributed by atoms with van der Waals surface area (Å²) in [5.41, 5.74) is 4.42. The van der Waals surface area contributed by atoms with Gasteiger partial charge in [0, 0.05) is 5.25 Å². The quantitative estimate of drug-likeness (QED) is 0.593. The van der Waals surface area contributed by atoms with Crippen LogP contribution >= 0.6 is 12.6 Å². The van der Waals surface area contributed by atoms with Crippen molar-refractivity contribution in [2.45, 2.75) is 37.9 Å². The van der Waals surface area contributed by atoms with Crippen LogP contribution in [0.3, 0.4) is 0 Å². The number of aryl methyl sites for hydroxylation is 1. The maximum absolute atomic E-state index is 4.65. The molecule has 0 saturated carbocycles. The topological polar surface area (TPSA) is 0 Å². The van der Waals surface area contributed by atoms with Gasteiger partial charge >= 0.3 is 0 Å². The van der Waals surface area contributed by atoms with E-state index in [4.69, 9.17) is 0 Å². The van der Waals surface area contributed by atoms with Crippen molar-refractivity contribution in [3.05, 3.63) is 34.9 Å². The van der Waals surface area contributed by atoms with Crippen molar-refractivity contribution < 1.29 is 0 Å². The largest absolute Gasteiger partial charge is 0.171 e. The molecule has 1 aliphatic rings. The molecule has 0 spiro atoms. The van der Waals surface area contributed by atoms with Crippen molar-refractivity contribution in [1.82, 2.24) is 0 Å². The van der Waals surface area contributed by atoms with E-state index in [0.717, 1.165) is 5.92 Å². The van der Waals surface area contributed by atoms with Crippen LogP contribution in [0.5, 0.6) is 0 Å². The van der Waals surface area contributed by atoms with E-state index in [1.165, 1.54) is 29.5 Å². The SMILES string of the molecule is Cc1cccc2c1[C@H](S)CCC2C. The van der Waals surface area contributed by atoms with Gasteiger partial charge in [0.05, 0.1) is 0 Å². The van der Waals surface area contributed by atoms with Crippen molar-refractivity contribution in [2.75, 3.05) is 0 Å². The standard InChI is InChI=1S/C12H16S/c1-8-6-7-11(13)12-9(2)4-3-5-10(8)12/h3-5,8,11,13H,6-7H2,1-2H3/t8?,11-/m1/s1. The van der Waals surface area contributed by atoms with Gasteiger partial charge in [-0.05, 0) is 42.4 Å². The van der Waals surface area contributed by atoms with Crippen LogP contribution in [-0.4, -0.2) is 0 Å². The molecule has 1 aliphatic carbocycles. The van der Waals surface area contributed by atoms with Crippen LogP contribution in [0.1, 0.15) is 47.6 Å². The monoisotopic (exact) mass is 192 g/mol. The lowest BCUT2D eigenvalue weighted by atomic mass is 9.82. The molecule has 0 aromatic heterocycles. The van der Waals surface area contributed by atoms with Crippen LogP contribution < -0.4 is 0 Å².